The lowest BCUT2D eigenvalue weighted by atomic mass is 10.4. The summed E-state index contributed by atoms with van der Waals surface area (Å²) in [6, 6.07) is 0.847. The van der Waals surface area contributed by atoms with Crippen molar-refractivity contribution in [2.45, 2.75) is 25.8 Å². The lowest BCUT2D eigenvalue weighted by Crippen LogP contribution is -2.30. The molecule has 70 valence electrons. The summed E-state index contributed by atoms with van der Waals surface area (Å²) in [7, 11) is 2.16. The maximum absolute atomic E-state index is 3.50. The summed E-state index contributed by atoms with van der Waals surface area (Å²) in [5.74, 6) is 0. The molecule has 2 nitrogen and oxygen atoms in total. The predicted molar refractivity (Wildman–Crippen MR) is 53.3 cm³/mol. The van der Waals surface area contributed by atoms with Gasteiger partial charge >= 0.3 is 0 Å². The third kappa shape index (κ3) is 4.52. The van der Waals surface area contributed by atoms with E-state index < -0.39 is 0 Å². The molecule has 0 atom stereocenters. The Morgan fingerprint density at radius 2 is 2.25 bits per heavy atom. The molecule has 0 aromatic carbocycles. The molecule has 0 unspecified atom stereocenters. The summed E-state index contributed by atoms with van der Waals surface area (Å²) in [5.41, 5.74) is 0. The smallest absolute Gasteiger partial charge is 0.0160 e. The Hall–Kier alpha value is -0.340. The van der Waals surface area contributed by atoms with Gasteiger partial charge < -0.3 is 10.2 Å². The second kappa shape index (κ2) is 5.33. The molecule has 1 saturated carbocycles. The predicted octanol–water partition coefficient (Wildman–Crippen LogP) is 1.25. The minimum Gasteiger partial charge on any atom is -0.313 e. The van der Waals surface area contributed by atoms with Crippen LogP contribution in [0.15, 0.2) is 12.2 Å². The van der Waals surface area contributed by atoms with Crippen LogP contribution in [0.3, 0.4) is 0 Å². The largest absolute Gasteiger partial charge is 0.313 e. The number of rotatable bonds is 6. The Labute approximate surface area is 75.6 Å². The first-order valence-corrected chi connectivity index (χ1v) is 4.86. The quantitative estimate of drug-likeness (QED) is 0.600. The molecule has 0 aromatic rings. The van der Waals surface area contributed by atoms with Gasteiger partial charge in [0.1, 0.15) is 0 Å². The zero-order chi connectivity index (χ0) is 8.81. The number of hydrogen-bond donors (Lipinski definition) is 1. The molecule has 0 saturated heterocycles. The van der Waals surface area contributed by atoms with E-state index in [0.29, 0.717) is 0 Å². The third-order valence-electron chi connectivity index (χ3n) is 2.16. The Morgan fingerprint density at radius 3 is 2.83 bits per heavy atom. The highest BCUT2D eigenvalue weighted by atomic mass is 15.1. The van der Waals surface area contributed by atoms with Gasteiger partial charge in [-0.1, -0.05) is 12.2 Å². The summed E-state index contributed by atoms with van der Waals surface area (Å²) in [5, 5.41) is 3.50. The zero-order valence-corrected chi connectivity index (χ0v) is 8.21. The van der Waals surface area contributed by atoms with E-state index in [1.807, 2.05) is 0 Å². The minimum atomic E-state index is 0.847. The molecule has 0 spiro atoms. The average molecular weight is 168 g/mol. The maximum Gasteiger partial charge on any atom is 0.0160 e. The van der Waals surface area contributed by atoms with Crippen molar-refractivity contribution in [3.8, 4) is 0 Å². The summed E-state index contributed by atoms with van der Waals surface area (Å²) in [6.07, 6.45) is 7.07. The van der Waals surface area contributed by atoms with Gasteiger partial charge in [0.05, 0.1) is 0 Å². The summed E-state index contributed by atoms with van der Waals surface area (Å²) >= 11 is 0. The van der Waals surface area contributed by atoms with Crippen LogP contribution in [0, 0.1) is 0 Å². The maximum atomic E-state index is 3.50. The highest BCUT2D eigenvalue weighted by Crippen LogP contribution is 2.17. The third-order valence-corrected chi connectivity index (χ3v) is 2.16. The Balaban J connectivity index is 1.89. The molecule has 1 fully saturated rings. The summed E-state index contributed by atoms with van der Waals surface area (Å²) in [4.78, 5) is 2.33. The minimum absolute atomic E-state index is 0.847. The molecular formula is C10H20N2. The molecule has 1 aliphatic carbocycles. The highest BCUT2D eigenvalue weighted by molar-refractivity contribution is 4.82. The van der Waals surface area contributed by atoms with E-state index in [2.05, 4.69) is 36.3 Å². The van der Waals surface area contributed by atoms with Gasteiger partial charge in [-0.15, -0.1) is 0 Å². The average Bonchev–Trinajstić information content (AvgIpc) is 2.84. The van der Waals surface area contributed by atoms with Crippen LogP contribution in [0.25, 0.3) is 0 Å². The Kier molecular flexibility index (Phi) is 4.33. The monoisotopic (exact) mass is 168 g/mol. The Bertz CT molecular complexity index is 139. The lowest BCUT2D eigenvalue weighted by molar-refractivity contribution is 0.364. The first-order chi connectivity index (χ1) is 5.83. The van der Waals surface area contributed by atoms with Crippen LogP contribution in [0.5, 0.6) is 0 Å². The topological polar surface area (TPSA) is 15.3 Å². The molecule has 0 aliphatic heterocycles. The van der Waals surface area contributed by atoms with Gasteiger partial charge in [0.2, 0.25) is 0 Å². The molecule has 2 heteroatoms. The molecule has 0 radical (unpaired) electrons. The molecular weight excluding hydrogens is 148 g/mol. The molecule has 1 N–H and O–H groups in total. The van der Waals surface area contributed by atoms with Crippen molar-refractivity contribution >= 4 is 0 Å². The van der Waals surface area contributed by atoms with Gasteiger partial charge in [0, 0.05) is 25.7 Å². The van der Waals surface area contributed by atoms with Crippen molar-refractivity contribution in [1.82, 2.24) is 10.2 Å². The first-order valence-electron chi connectivity index (χ1n) is 4.86. The van der Waals surface area contributed by atoms with Crippen molar-refractivity contribution in [3.05, 3.63) is 12.2 Å². The van der Waals surface area contributed by atoms with Crippen LogP contribution in [-0.4, -0.2) is 37.6 Å². The van der Waals surface area contributed by atoms with E-state index >= 15 is 0 Å². The van der Waals surface area contributed by atoms with E-state index in [1.54, 1.807) is 0 Å². The van der Waals surface area contributed by atoms with E-state index in [9.17, 15) is 0 Å². The molecule has 0 amide bonds. The van der Waals surface area contributed by atoms with Crippen LogP contribution in [0.4, 0.5) is 0 Å². The highest BCUT2D eigenvalue weighted by Gasteiger charge is 2.19. The molecule has 0 aromatic heterocycles. The molecule has 0 heterocycles. The standard InChI is InChI=1S/C10H20N2/c1-3-4-8-12(2)9-7-11-10-5-6-10/h3-4,10-11H,5-9H2,1-2H3/b4-3+. The van der Waals surface area contributed by atoms with E-state index in [-0.39, 0.29) is 0 Å². The van der Waals surface area contributed by atoms with Gasteiger partial charge in [-0.05, 0) is 26.8 Å². The fourth-order valence-corrected chi connectivity index (χ4v) is 1.12. The lowest BCUT2D eigenvalue weighted by Gasteiger charge is -2.14. The molecule has 12 heavy (non-hydrogen) atoms. The van der Waals surface area contributed by atoms with Crippen molar-refractivity contribution in [3.63, 3.8) is 0 Å². The molecule has 1 rings (SSSR count). The van der Waals surface area contributed by atoms with E-state index in [4.69, 9.17) is 0 Å². The van der Waals surface area contributed by atoms with Crippen molar-refractivity contribution in [2.75, 3.05) is 26.7 Å². The second-order valence-electron chi connectivity index (χ2n) is 3.56. The van der Waals surface area contributed by atoms with Crippen LogP contribution in [0.2, 0.25) is 0 Å². The van der Waals surface area contributed by atoms with Crippen LogP contribution in [0.1, 0.15) is 19.8 Å². The second-order valence-corrected chi connectivity index (χ2v) is 3.56. The van der Waals surface area contributed by atoms with Crippen LogP contribution in [-0.2, 0) is 0 Å². The summed E-state index contributed by atoms with van der Waals surface area (Å²) < 4.78 is 0. The van der Waals surface area contributed by atoms with Crippen molar-refractivity contribution < 1.29 is 0 Å². The van der Waals surface area contributed by atoms with Crippen LogP contribution < -0.4 is 5.32 Å². The zero-order valence-electron chi connectivity index (χ0n) is 8.21. The molecule has 0 bridgehead atoms. The van der Waals surface area contributed by atoms with E-state index in [0.717, 1.165) is 25.7 Å². The van der Waals surface area contributed by atoms with Gasteiger partial charge in [0.15, 0.2) is 0 Å². The number of likely N-dealkylation sites (N-methyl/N-ethyl adjacent to an activating group) is 1. The fraction of sp³-hybridized carbons (Fsp3) is 0.800. The van der Waals surface area contributed by atoms with E-state index in [1.165, 1.54) is 12.8 Å². The first kappa shape index (κ1) is 9.75. The number of nitrogens with zero attached hydrogens (tertiary/aromatic N) is 1. The van der Waals surface area contributed by atoms with Crippen LogP contribution >= 0.6 is 0 Å². The van der Waals surface area contributed by atoms with Crippen molar-refractivity contribution in [2.24, 2.45) is 0 Å². The number of allylic oxidation sites excluding steroid dienone is 1. The number of nitrogens with one attached hydrogen (secondary N) is 1. The van der Waals surface area contributed by atoms with Gasteiger partial charge in [0.25, 0.3) is 0 Å². The normalized spacial score (nSPS) is 17.9. The van der Waals surface area contributed by atoms with Gasteiger partial charge in [-0.2, -0.15) is 0 Å². The number of hydrogen-bond acceptors (Lipinski definition) is 2. The van der Waals surface area contributed by atoms with Gasteiger partial charge in [-0.3, -0.25) is 0 Å². The Morgan fingerprint density at radius 1 is 1.50 bits per heavy atom. The summed E-state index contributed by atoms with van der Waals surface area (Å²) in [6.45, 7) is 5.43. The molecule has 1 aliphatic rings. The fourth-order valence-electron chi connectivity index (χ4n) is 1.12. The van der Waals surface area contributed by atoms with Gasteiger partial charge in [-0.25, -0.2) is 0 Å². The SMILES string of the molecule is C/C=C/CN(C)CCNC1CC1. The van der Waals surface area contributed by atoms with Crippen molar-refractivity contribution in [1.29, 1.82) is 0 Å².